The predicted octanol–water partition coefficient (Wildman–Crippen LogP) is 9.52. The predicted molar refractivity (Wildman–Crippen MR) is 205 cm³/mol. The van der Waals surface area contributed by atoms with Crippen molar-refractivity contribution in [3.8, 4) is 11.5 Å². The number of anilines is 2. The van der Waals surface area contributed by atoms with E-state index < -0.39 is 5.97 Å². The Morgan fingerprint density at radius 2 is 1.14 bits per heavy atom. The molecule has 2 aliphatic heterocycles. The van der Waals surface area contributed by atoms with Gasteiger partial charge in [-0.2, -0.15) is 0 Å². The molecule has 51 heavy (non-hydrogen) atoms. The molecular formula is C41H32Cl2N2O5S. The minimum Gasteiger partial charge on any atom is -0.488 e. The van der Waals surface area contributed by atoms with Crippen LogP contribution >= 0.6 is 34.5 Å². The van der Waals surface area contributed by atoms with Crippen molar-refractivity contribution in [1.82, 2.24) is 0 Å². The number of thiophene rings is 1. The van der Waals surface area contributed by atoms with Gasteiger partial charge in [0.2, 0.25) is 0 Å². The fraction of sp³-hybridized carbons (Fsp3) is 0.195. The van der Waals surface area contributed by atoms with Crippen LogP contribution in [0, 0.1) is 0 Å². The SMILES string of the molecule is CC(=O)Oc1cc2c(c3ccccc13)[C@H](CCl)CN2C(=O)c1ccc(C(=O)N2CC(CCl)c3c2cc(OCc2ccccc2)c2ccccc32)s1. The van der Waals surface area contributed by atoms with Crippen LogP contribution in [-0.4, -0.2) is 42.6 Å². The second-order valence-electron chi connectivity index (χ2n) is 12.8. The van der Waals surface area contributed by atoms with Crippen LogP contribution in [0.1, 0.15) is 54.8 Å². The fourth-order valence-corrected chi connectivity index (χ4v) is 8.80. The second kappa shape index (κ2) is 13.7. The quantitative estimate of drug-likeness (QED) is 0.0885. The van der Waals surface area contributed by atoms with Crippen molar-refractivity contribution in [1.29, 1.82) is 0 Å². The first-order valence-corrected chi connectivity index (χ1v) is 18.6. The number of ether oxygens (including phenoxy) is 2. The van der Waals surface area contributed by atoms with E-state index >= 15 is 0 Å². The summed E-state index contributed by atoms with van der Waals surface area (Å²) in [5, 5.41) is 3.63. The van der Waals surface area contributed by atoms with Crippen molar-refractivity contribution < 1.29 is 23.9 Å². The third kappa shape index (κ3) is 5.91. The highest BCUT2D eigenvalue weighted by atomic mass is 35.5. The molecule has 0 N–H and O–H groups in total. The van der Waals surface area contributed by atoms with E-state index in [1.807, 2.05) is 78.9 Å². The number of carbonyl (C=O) groups is 3. The molecule has 2 amide bonds. The Kier molecular flexibility index (Phi) is 8.92. The molecule has 256 valence electrons. The van der Waals surface area contributed by atoms with E-state index in [1.165, 1.54) is 6.92 Å². The molecule has 0 aliphatic carbocycles. The molecule has 7 nitrogen and oxygen atoms in total. The average molecular weight is 736 g/mol. The van der Waals surface area contributed by atoms with Crippen molar-refractivity contribution in [3.05, 3.63) is 130 Å². The molecule has 3 heterocycles. The molecule has 0 bridgehead atoms. The van der Waals surface area contributed by atoms with Gasteiger partial charge in [0, 0.05) is 66.5 Å². The van der Waals surface area contributed by atoms with Gasteiger partial charge in [-0.25, -0.2) is 0 Å². The maximum absolute atomic E-state index is 14.3. The van der Waals surface area contributed by atoms with Gasteiger partial charge in [0.25, 0.3) is 11.8 Å². The Hall–Kier alpha value is -4.89. The lowest BCUT2D eigenvalue weighted by Crippen LogP contribution is -2.30. The van der Waals surface area contributed by atoms with Gasteiger partial charge in [0.05, 0.1) is 21.1 Å². The molecule has 2 atom stereocenters. The van der Waals surface area contributed by atoms with Crippen LogP contribution in [0.15, 0.2) is 103 Å². The maximum Gasteiger partial charge on any atom is 0.308 e. The molecule has 1 aromatic heterocycles. The number of rotatable bonds is 8. The van der Waals surface area contributed by atoms with Gasteiger partial charge in [-0.05, 0) is 39.6 Å². The third-order valence-electron chi connectivity index (χ3n) is 9.64. The number of fused-ring (bicyclic) bond motifs is 6. The summed E-state index contributed by atoms with van der Waals surface area (Å²) in [6, 6.07) is 32.8. The molecule has 10 heteroatoms. The number of hydrogen-bond acceptors (Lipinski definition) is 6. The zero-order valence-corrected chi connectivity index (χ0v) is 29.9. The minimum atomic E-state index is -0.450. The zero-order valence-electron chi connectivity index (χ0n) is 27.6. The number of carbonyl (C=O) groups excluding carboxylic acids is 3. The number of amides is 2. The number of alkyl halides is 2. The summed E-state index contributed by atoms with van der Waals surface area (Å²) in [5.74, 6) is 0.621. The van der Waals surface area contributed by atoms with Crippen LogP contribution in [0.2, 0.25) is 0 Å². The molecule has 1 unspecified atom stereocenters. The maximum atomic E-state index is 14.3. The number of benzene rings is 5. The average Bonchev–Trinajstić information content (AvgIpc) is 3.90. The molecule has 0 saturated carbocycles. The Morgan fingerprint density at radius 1 is 0.667 bits per heavy atom. The molecule has 0 fully saturated rings. The van der Waals surface area contributed by atoms with Crippen molar-refractivity contribution >= 4 is 85.2 Å². The molecule has 5 aromatic carbocycles. The summed E-state index contributed by atoms with van der Waals surface area (Å²) in [7, 11) is 0. The second-order valence-corrected chi connectivity index (χ2v) is 14.5. The van der Waals surface area contributed by atoms with Gasteiger partial charge in [-0.15, -0.1) is 34.5 Å². The highest BCUT2D eigenvalue weighted by molar-refractivity contribution is 7.16. The summed E-state index contributed by atoms with van der Waals surface area (Å²) >= 11 is 14.2. The highest BCUT2D eigenvalue weighted by Gasteiger charge is 2.38. The zero-order chi connectivity index (χ0) is 35.2. The minimum absolute atomic E-state index is 0.0745. The monoisotopic (exact) mass is 734 g/mol. The first-order chi connectivity index (χ1) is 24.9. The summed E-state index contributed by atoms with van der Waals surface area (Å²) in [6.45, 7) is 2.51. The molecule has 6 aromatic rings. The van der Waals surface area contributed by atoms with E-state index in [4.69, 9.17) is 32.7 Å². The van der Waals surface area contributed by atoms with Gasteiger partial charge in [0.15, 0.2) is 0 Å². The fourth-order valence-electron chi connectivity index (χ4n) is 7.39. The van der Waals surface area contributed by atoms with E-state index in [0.29, 0.717) is 58.4 Å². The van der Waals surface area contributed by atoms with E-state index in [1.54, 1.807) is 28.0 Å². The van der Waals surface area contributed by atoms with Crippen LogP contribution in [0.5, 0.6) is 11.5 Å². The van der Waals surface area contributed by atoms with Crippen molar-refractivity contribution in [3.63, 3.8) is 0 Å². The van der Waals surface area contributed by atoms with Gasteiger partial charge in [0.1, 0.15) is 18.1 Å². The van der Waals surface area contributed by atoms with Gasteiger partial charge in [-0.3, -0.25) is 14.4 Å². The molecule has 0 spiro atoms. The Bertz CT molecular complexity index is 2340. The lowest BCUT2D eigenvalue weighted by Gasteiger charge is -2.19. The van der Waals surface area contributed by atoms with Crippen LogP contribution in [0.25, 0.3) is 21.5 Å². The van der Waals surface area contributed by atoms with Gasteiger partial charge >= 0.3 is 5.97 Å². The van der Waals surface area contributed by atoms with Crippen LogP contribution < -0.4 is 19.3 Å². The number of esters is 1. The van der Waals surface area contributed by atoms with Crippen molar-refractivity contribution in [2.24, 2.45) is 0 Å². The number of hydrogen-bond donors (Lipinski definition) is 0. The number of halogens is 2. The normalized spacial score (nSPS) is 16.4. The van der Waals surface area contributed by atoms with Crippen LogP contribution in [0.3, 0.4) is 0 Å². The summed E-state index contributed by atoms with van der Waals surface area (Å²) in [6.07, 6.45) is 0. The van der Waals surface area contributed by atoms with E-state index in [9.17, 15) is 14.4 Å². The summed E-state index contributed by atoms with van der Waals surface area (Å²) in [4.78, 5) is 44.8. The Morgan fingerprint density at radius 3 is 1.65 bits per heavy atom. The van der Waals surface area contributed by atoms with Crippen molar-refractivity contribution in [2.75, 3.05) is 34.6 Å². The molecule has 8 rings (SSSR count). The van der Waals surface area contributed by atoms with Crippen LogP contribution in [0.4, 0.5) is 11.4 Å². The van der Waals surface area contributed by atoms with Crippen molar-refractivity contribution in [2.45, 2.75) is 25.4 Å². The van der Waals surface area contributed by atoms with Crippen LogP contribution in [-0.2, 0) is 11.4 Å². The third-order valence-corrected chi connectivity index (χ3v) is 11.4. The van der Waals surface area contributed by atoms with E-state index in [2.05, 4.69) is 6.07 Å². The first kappa shape index (κ1) is 33.3. The standard InChI is InChI=1S/C41H32Cl2N2O5S/c1-24(46)50-35-18-33-39(31-14-8-6-12-29(31)35)27(20-43)22-45(33)41(48)37-16-15-36(51-37)40(47)44-21-26(19-42)38-30-13-7-5-11-28(30)34(17-32(38)44)49-23-25-9-3-2-4-10-25/h2-18,26-27H,19-23H2,1H3/t26?,27-/m1/s1. The smallest absolute Gasteiger partial charge is 0.308 e. The first-order valence-electron chi connectivity index (χ1n) is 16.7. The highest BCUT2D eigenvalue weighted by Crippen LogP contribution is 2.48. The Balaban J connectivity index is 1.12. The number of nitrogens with zero attached hydrogens (tertiary/aromatic N) is 2. The molecule has 0 radical (unpaired) electrons. The molecule has 0 saturated heterocycles. The largest absolute Gasteiger partial charge is 0.488 e. The topological polar surface area (TPSA) is 76.2 Å². The van der Waals surface area contributed by atoms with Gasteiger partial charge in [-0.1, -0.05) is 78.9 Å². The molecular weight excluding hydrogens is 703 g/mol. The lowest BCUT2D eigenvalue weighted by molar-refractivity contribution is -0.131. The van der Waals surface area contributed by atoms with Gasteiger partial charge < -0.3 is 19.3 Å². The lowest BCUT2D eigenvalue weighted by atomic mass is 9.95. The molecule has 2 aliphatic rings. The summed E-state index contributed by atoms with van der Waals surface area (Å²) in [5.41, 5.74) is 4.41. The Labute approximate surface area is 308 Å². The summed E-state index contributed by atoms with van der Waals surface area (Å²) < 4.78 is 12.0. The van der Waals surface area contributed by atoms with E-state index in [0.717, 1.165) is 55.3 Å². The van der Waals surface area contributed by atoms with E-state index in [-0.39, 0.29) is 23.7 Å².